The van der Waals surface area contributed by atoms with Gasteiger partial charge < -0.3 is 9.64 Å². The summed E-state index contributed by atoms with van der Waals surface area (Å²) in [5.41, 5.74) is 2.30. The van der Waals surface area contributed by atoms with Crippen LogP contribution in [0.15, 0.2) is 79.0 Å². The number of benzene rings is 3. The Bertz CT molecular complexity index is 1410. The smallest absolute Gasteiger partial charge is 0.254 e. The number of carbonyl (C=O) groups is 2. The molecule has 1 aliphatic rings. The average Bonchev–Trinajstić information content (AvgIpc) is 3.67. The molecular formula is C28H24F2N4O3. The van der Waals surface area contributed by atoms with Crippen molar-refractivity contribution < 1.29 is 23.1 Å². The first kappa shape index (κ1) is 24.2. The summed E-state index contributed by atoms with van der Waals surface area (Å²) >= 11 is 0. The van der Waals surface area contributed by atoms with Gasteiger partial charge in [-0.3, -0.25) is 19.5 Å². The molecule has 3 aromatic carbocycles. The molecule has 9 heteroatoms. The zero-order valence-corrected chi connectivity index (χ0v) is 20.0. The molecule has 37 heavy (non-hydrogen) atoms. The normalized spacial score (nSPS) is 12.7. The third-order valence-corrected chi connectivity index (χ3v) is 6.10. The molecule has 1 heterocycles. The van der Waals surface area contributed by atoms with Crippen molar-refractivity contribution in [2.24, 2.45) is 0 Å². The zero-order valence-electron chi connectivity index (χ0n) is 20.0. The van der Waals surface area contributed by atoms with Crippen LogP contribution in [0.25, 0.3) is 16.9 Å². The number of amides is 2. The highest BCUT2D eigenvalue weighted by atomic mass is 19.1. The van der Waals surface area contributed by atoms with Crippen LogP contribution in [0.5, 0.6) is 5.75 Å². The van der Waals surface area contributed by atoms with Gasteiger partial charge in [0.25, 0.3) is 5.91 Å². The number of rotatable bonds is 8. The summed E-state index contributed by atoms with van der Waals surface area (Å²) in [5, 5.41) is 2.81. The average molecular weight is 503 g/mol. The maximum Gasteiger partial charge on any atom is 0.254 e. The van der Waals surface area contributed by atoms with Gasteiger partial charge in [0.05, 0.1) is 12.8 Å². The van der Waals surface area contributed by atoms with E-state index in [9.17, 15) is 18.4 Å². The van der Waals surface area contributed by atoms with Crippen LogP contribution >= 0.6 is 0 Å². The number of aromatic nitrogens is 2. The van der Waals surface area contributed by atoms with E-state index in [1.54, 1.807) is 42.1 Å². The number of carbonyl (C=O) groups excluding carboxylic acids is 2. The van der Waals surface area contributed by atoms with Gasteiger partial charge in [0, 0.05) is 29.1 Å². The van der Waals surface area contributed by atoms with Crippen molar-refractivity contribution in [3.8, 4) is 22.7 Å². The van der Waals surface area contributed by atoms with Crippen LogP contribution in [0.4, 0.5) is 14.7 Å². The minimum absolute atomic E-state index is 0.0463. The number of nitrogens with zero attached hydrogens (tertiary/aromatic N) is 3. The second-order valence-corrected chi connectivity index (χ2v) is 8.74. The summed E-state index contributed by atoms with van der Waals surface area (Å²) in [5.74, 6) is -0.665. The lowest BCUT2D eigenvalue weighted by Gasteiger charge is -2.22. The van der Waals surface area contributed by atoms with Crippen molar-refractivity contribution in [2.75, 3.05) is 19.0 Å². The molecule has 0 spiro atoms. The number of hydrogen-bond donors (Lipinski definition) is 1. The lowest BCUT2D eigenvalue weighted by atomic mass is 10.1. The maximum atomic E-state index is 13.6. The molecule has 1 N–H and O–H groups in total. The number of hydrogen-bond acceptors (Lipinski definition) is 4. The molecule has 5 rings (SSSR count). The minimum Gasteiger partial charge on any atom is -0.497 e. The molecule has 0 saturated heterocycles. The predicted molar refractivity (Wildman–Crippen MR) is 135 cm³/mol. The Kier molecular flexibility index (Phi) is 6.68. The Morgan fingerprint density at radius 1 is 0.973 bits per heavy atom. The molecule has 0 bridgehead atoms. The summed E-state index contributed by atoms with van der Waals surface area (Å²) in [7, 11) is 1.58. The molecule has 1 fully saturated rings. The van der Waals surface area contributed by atoms with E-state index in [0.29, 0.717) is 22.7 Å². The van der Waals surface area contributed by atoms with E-state index in [1.807, 2.05) is 12.1 Å². The third kappa shape index (κ3) is 5.50. The third-order valence-electron chi connectivity index (χ3n) is 6.10. The van der Waals surface area contributed by atoms with Gasteiger partial charge in [-0.15, -0.1) is 0 Å². The maximum absolute atomic E-state index is 13.6. The quantitative estimate of drug-likeness (QED) is 0.365. The first-order valence-corrected chi connectivity index (χ1v) is 11.8. The van der Waals surface area contributed by atoms with Gasteiger partial charge in [-0.1, -0.05) is 0 Å². The molecule has 7 nitrogen and oxygen atoms in total. The van der Waals surface area contributed by atoms with Crippen molar-refractivity contribution in [3.63, 3.8) is 0 Å². The first-order chi connectivity index (χ1) is 17.9. The molecule has 0 radical (unpaired) electrons. The van der Waals surface area contributed by atoms with Crippen LogP contribution in [0.3, 0.4) is 0 Å². The van der Waals surface area contributed by atoms with Crippen molar-refractivity contribution >= 4 is 17.8 Å². The van der Waals surface area contributed by atoms with Gasteiger partial charge in [0.1, 0.15) is 23.9 Å². The largest absolute Gasteiger partial charge is 0.497 e. The predicted octanol–water partition coefficient (Wildman–Crippen LogP) is 5.07. The molecular weight excluding hydrogens is 478 g/mol. The van der Waals surface area contributed by atoms with Crippen LogP contribution in [-0.2, 0) is 4.79 Å². The SMILES string of the molecule is COc1ccc(-c2cn(-c3ccc(F)cc3)c(NC(=O)CN(C(=O)c3ccc(F)cc3)C3CC3)n2)cc1. The molecule has 0 atom stereocenters. The van der Waals surface area contributed by atoms with Crippen molar-refractivity contribution in [2.45, 2.75) is 18.9 Å². The fraction of sp³-hybridized carbons (Fsp3) is 0.179. The number of imidazole rings is 1. The fourth-order valence-corrected chi connectivity index (χ4v) is 4.00. The lowest BCUT2D eigenvalue weighted by Crippen LogP contribution is -2.39. The number of nitrogens with one attached hydrogen (secondary N) is 1. The lowest BCUT2D eigenvalue weighted by molar-refractivity contribution is -0.117. The number of ether oxygens (including phenoxy) is 1. The van der Waals surface area contributed by atoms with Crippen molar-refractivity contribution in [3.05, 3.63) is 96.2 Å². The molecule has 1 aromatic heterocycles. The van der Waals surface area contributed by atoms with Gasteiger partial charge in [-0.05, 0) is 85.6 Å². The number of methoxy groups -OCH3 is 1. The van der Waals surface area contributed by atoms with Gasteiger partial charge >= 0.3 is 0 Å². The highest BCUT2D eigenvalue weighted by Crippen LogP contribution is 2.29. The van der Waals surface area contributed by atoms with E-state index >= 15 is 0 Å². The van der Waals surface area contributed by atoms with Gasteiger partial charge in [-0.25, -0.2) is 13.8 Å². The molecule has 0 unspecified atom stereocenters. The molecule has 1 aliphatic carbocycles. The van der Waals surface area contributed by atoms with E-state index in [0.717, 1.165) is 18.4 Å². The van der Waals surface area contributed by atoms with Crippen molar-refractivity contribution in [1.29, 1.82) is 0 Å². The number of halogens is 2. The van der Waals surface area contributed by atoms with Gasteiger partial charge in [0.15, 0.2) is 0 Å². The van der Waals surface area contributed by atoms with Crippen LogP contribution < -0.4 is 10.1 Å². The van der Waals surface area contributed by atoms with E-state index in [2.05, 4.69) is 10.3 Å². The summed E-state index contributed by atoms with van der Waals surface area (Å²) in [6.07, 6.45) is 3.34. The van der Waals surface area contributed by atoms with Crippen LogP contribution in [0.2, 0.25) is 0 Å². The van der Waals surface area contributed by atoms with Crippen LogP contribution in [-0.4, -0.2) is 46.0 Å². The zero-order chi connectivity index (χ0) is 25.9. The highest BCUT2D eigenvalue weighted by molar-refractivity contribution is 5.99. The Labute approximate surface area is 212 Å². The topological polar surface area (TPSA) is 76.5 Å². The molecule has 188 valence electrons. The van der Waals surface area contributed by atoms with Gasteiger partial charge in [-0.2, -0.15) is 0 Å². The Morgan fingerprint density at radius 3 is 2.19 bits per heavy atom. The molecule has 2 amide bonds. The van der Waals surface area contributed by atoms with Crippen LogP contribution in [0, 0.1) is 11.6 Å². The minimum atomic E-state index is -0.437. The summed E-state index contributed by atoms with van der Waals surface area (Å²) < 4.78 is 33.7. The van der Waals surface area contributed by atoms with E-state index in [4.69, 9.17) is 4.74 Å². The van der Waals surface area contributed by atoms with E-state index in [1.165, 1.54) is 41.3 Å². The Balaban J connectivity index is 1.41. The van der Waals surface area contributed by atoms with Crippen molar-refractivity contribution in [1.82, 2.24) is 14.5 Å². The van der Waals surface area contributed by atoms with E-state index < -0.39 is 11.7 Å². The van der Waals surface area contributed by atoms with Gasteiger partial charge in [0.2, 0.25) is 11.9 Å². The summed E-state index contributed by atoms with van der Waals surface area (Å²) in [6, 6.07) is 18.3. The molecule has 0 aliphatic heterocycles. The molecule has 1 saturated carbocycles. The van der Waals surface area contributed by atoms with E-state index in [-0.39, 0.29) is 30.3 Å². The Hall–Kier alpha value is -4.53. The van der Waals surface area contributed by atoms with Crippen LogP contribution in [0.1, 0.15) is 23.2 Å². The summed E-state index contributed by atoms with van der Waals surface area (Å²) in [6.45, 7) is -0.185. The standard InChI is InChI=1S/C28H24F2N4O3/c1-37-24-14-4-18(5-15-24)25-16-34(23-10-8-21(30)9-11-23)28(31-25)32-26(35)17-33(22-12-13-22)27(36)19-2-6-20(29)7-3-19/h2-11,14-16,22H,12-13,17H2,1H3,(H,31,32,35). The summed E-state index contributed by atoms with van der Waals surface area (Å²) in [4.78, 5) is 32.3. The second-order valence-electron chi connectivity index (χ2n) is 8.74. The fourth-order valence-electron chi connectivity index (χ4n) is 4.00. The Morgan fingerprint density at radius 2 is 1.59 bits per heavy atom. The molecule has 4 aromatic rings. The number of anilines is 1. The first-order valence-electron chi connectivity index (χ1n) is 11.8. The second kappa shape index (κ2) is 10.2. The highest BCUT2D eigenvalue weighted by Gasteiger charge is 2.34. The monoisotopic (exact) mass is 502 g/mol.